The molecule has 1 unspecified atom stereocenters. The minimum absolute atomic E-state index is 0.0196. The number of benzene rings is 1. The maximum Gasteiger partial charge on any atom is 0.244 e. The number of aryl methyl sites for hydroxylation is 1. The molecule has 2 N–H and O–H groups in total. The Morgan fingerprint density at radius 2 is 1.86 bits per heavy atom. The first-order chi connectivity index (χ1) is 10.5. The van der Waals surface area contributed by atoms with Gasteiger partial charge in [-0.25, -0.2) is 0 Å². The predicted molar refractivity (Wildman–Crippen MR) is 88.5 cm³/mol. The second-order valence-electron chi connectivity index (χ2n) is 6.64. The Morgan fingerprint density at radius 3 is 2.41 bits per heavy atom. The van der Waals surface area contributed by atoms with Crippen LogP contribution in [0.2, 0.25) is 0 Å². The third kappa shape index (κ3) is 4.55. The average Bonchev–Trinajstić information content (AvgIpc) is 2.53. The lowest BCUT2D eigenvalue weighted by molar-refractivity contribution is -0.135. The van der Waals surface area contributed by atoms with E-state index in [2.05, 4.69) is 13.8 Å². The molecule has 122 valence electrons. The van der Waals surface area contributed by atoms with Gasteiger partial charge in [-0.1, -0.05) is 43.7 Å². The van der Waals surface area contributed by atoms with Gasteiger partial charge in [-0.2, -0.15) is 0 Å². The molecular weight excluding hydrogens is 276 g/mol. The molecular formula is C18H28N2O2. The van der Waals surface area contributed by atoms with Gasteiger partial charge >= 0.3 is 0 Å². The van der Waals surface area contributed by atoms with Crippen LogP contribution in [-0.4, -0.2) is 36.6 Å². The summed E-state index contributed by atoms with van der Waals surface area (Å²) >= 11 is 0. The van der Waals surface area contributed by atoms with Crippen LogP contribution in [0.3, 0.4) is 0 Å². The third-order valence-electron chi connectivity index (χ3n) is 4.12. The van der Waals surface area contributed by atoms with Crippen LogP contribution < -0.4 is 5.73 Å². The molecule has 1 atom stereocenters. The highest BCUT2D eigenvalue weighted by Crippen LogP contribution is 2.19. The highest BCUT2D eigenvalue weighted by atomic mass is 16.5. The van der Waals surface area contributed by atoms with Gasteiger partial charge in [0.2, 0.25) is 5.91 Å². The summed E-state index contributed by atoms with van der Waals surface area (Å²) in [5.41, 5.74) is 8.19. The van der Waals surface area contributed by atoms with Crippen molar-refractivity contribution in [2.24, 2.45) is 11.7 Å². The number of hydrogen-bond donors (Lipinski definition) is 1. The normalized spacial score (nSPS) is 17.8. The number of nitrogens with two attached hydrogens (primary N) is 1. The minimum atomic E-state index is -0.561. The first-order valence-corrected chi connectivity index (χ1v) is 8.20. The zero-order chi connectivity index (χ0) is 16.1. The number of ether oxygens (including phenoxy) is 1. The summed E-state index contributed by atoms with van der Waals surface area (Å²) in [4.78, 5) is 14.4. The van der Waals surface area contributed by atoms with E-state index in [1.807, 2.05) is 36.1 Å². The number of hydrogen-bond acceptors (Lipinski definition) is 3. The predicted octanol–water partition coefficient (Wildman–Crippen LogP) is 2.66. The zero-order valence-electron chi connectivity index (χ0n) is 13.9. The lowest BCUT2D eigenvalue weighted by Crippen LogP contribution is -2.45. The molecule has 4 nitrogen and oxygen atoms in total. The number of carbonyl (C=O) groups excluding carboxylic acids is 1. The van der Waals surface area contributed by atoms with Crippen molar-refractivity contribution in [3.05, 3.63) is 35.4 Å². The Kier molecular flexibility index (Phi) is 5.98. The smallest absolute Gasteiger partial charge is 0.244 e. The Bertz CT molecular complexity index is 476. The Morgan fingerprint density at radius 1 is 1.27 bits per heavy atom. The Hall–Kier alpha value is -1.39. The molecule has 0 aromatic heterocycles. The topological polar surface area (TPSA) is 55.6 Å². The van der Waals surface area contributed by atoms with Crippen molar-refractivity contribution >= 4 is 5.91 Å². The van der Waals surface area contributed by atoms with E-state index in [4.69, 9.17) is 10.5 Å². The van der Waals surface area contributed by atoms with Gasteiger partial charge in [0.1, 0.15) is 6.04 Å². The lowest BCUT2D eigenvalue weighted by atomic mass is 10.0. The summed E-state index contributed by atoms with van der Waals surface area (Å²) in [6.07, 6.45) is 2.08. The summed E-state index contributed by atoms with van der Waals surface area (Å²) in [5, 5.41) is 0. The molecule has 1 saturated heterocycles. The number of amides is 1. The summed E-state index contributed by atoms with van der Waals surface area (Å²) in [6, 6.07) is 7.31. The van der Waals surface area contributed by atoms with Gasteiger partial charge in [0.25, 0.3) is 0 Å². The maximum atomic E-state index is 12.5. The van der Waals surface area contributed by atoms with E-state index in [0.717, 1.165) is 38.1 Å². The molecule has 0 bridgehead atoms. The van der Waals surface area contributed by atoms with E-state index in [1.54, 1.807) is 0 Å². The molecule has 1 fully saturated rings. The molecule has 0 saturated carbocycles. The van der Waals surface area contributed by atoms with Crippen LogP contribution in [0.25, 0.3) is 0 Å². The Balaban J connectivity index is 1.85. The van der Waals surface area contributed by atoms with Gasteiger partial charge in [0, 0.05) is 19.7 Å². The van der Waals surface area contributed by atoms with Gasteiger partial charge in [-0.3, -0.25) is 4.79 Å². The van der Waals surface area contributed by atoms with Crippen LogP contribution in [0.1, 0.15) is 43.9 Å². The second kappa shape index (κ2) is 7.75. The van der Waals surface area contributed by atoms with Gasteiger partial charge in [0.15, 0.2) is 0 Å². The molecule has 0 aliphatic carbocycles. The van der Waals surface area contributed by atoms with E-state index < -0.39 is 6.04 Å². The van der Waals surface area contributed by atoms with Crippen molar-refractivity contribution in [2.75, 3.05) is 19.7 Å². The van der Waals surface area contributed by atoms with Crippen LogP contribution in [0.4, 0.5) is 0 Å². The van der Waals surface area contributed by atoms with Crippen molar-refractivity contribution in [1.82, 2.24) is 4.90 Å². The van der Waals surface area contributed by atoms with Crippen LogP contribution in [0, 0.1) is 12.8 Å². The van der Waals surface area contributed by atoms with Crippen molar-refractivity contribution < 1.29 is 9.53 Å². The van der Waals surface area contributed by atoms with Crippen molar-refractivity contribution in [3.63, 3.8) is 0 Å². The summed E-state index contributed by atoms with van der Waals surface area (Å²) in [7, 11) is 0. The van der Waals surface area contributed by atoms with Crippen molar-refractivity contribution in [2.45, 2.75) is 45.8 Å². The largest absolute Gasteiger partial charge is 0.378 e. The fourth-order valence-electron chi connectivity index (χ4n) is 2.68. The molecule has 1 aromatic carbocycles. The lowest BCUT2D eigenvalue weighted by Gasteiger charge is -2.33. The van der Waals surface area contributed by atoms with Crippen LogP contribution in [0.15, 0.2) is 24.3 Å². The monoisotopic (exact) mass is 304 g/mol. The van der Waals surface area contributed by atoms with Gasteiger partial charge < -0.3 is 15.4 Å². The van der Waals surface area contributed by atoms with Gasteiger partial charge in [0.05, 0.1) is 6.10 Å². The van der Waals surface area contributed by atoms with Crippen LogP contribution in [-0.2, 0) is 9.53 Å². The molecule has 1 aliphatic heterocycles. The highest BCUT2D eigenvalue weighted by Gasteiger charge is 2.27. The quantitative estimate of drug-likeness (QED) is 0.910. The molecule has 2 rings (SSSR count). The standard InChI is InChI=1S/C18H28N2O2/c1-13(2)12-22-16-8-10-20(11-9-16)18(21)17(19)15-6-4-14(3)5-7-15/h4-7,13,16-17H,8-12,19H2,1-3H3. The molecule has 0 spiro atoms. The van der Waals surface area contributed by atoms with E-state index in [9.17, 15) is 4.79 Å². The van der Waals surface area contributed by atoms with Gasteiger partial charge in [-0.05, 0) is 31.2 Å². The average molecular weight is 304 g/mol. The van der Waals surface area contributed by atoms with E-state index >= 15 is 0 Å². The number of likely N-dealkylation sites (tertiary alicyclic amines) is 1. The van der Waals surface area contributed by atoms with Crippen molar-refractivity contribution in [1.29, 1.82) is 0 Å². The summed E-state index contributed by atoms with van der Waals surface area (Å²) in [5.74, 6) is 0.570. The highest BCUT2D eigenvalue weighted by molar-refractivity contribution is 5.83. The van der Waals surface area contributed by atoms with E-state index in [1.165, 1.54) is 5.56 Å². The molecule has 1 heterocycles. The number of nitrogens with zero attached hydrogens (tertiary/aromatic N) is 1. The van der Waals surface area contributed by atoms with E-state index in [0.29, 0.717) is 5.92 Å². The number of piperidine rings is 1. The second-order valence-corrected chi connectivity index (χ2v) is 6.64. The van der Waals surface area contributed by atoms with Crippen molar-refractivity contribution in [3.8, 4) is 0 Å². The summed E-state index contributed by atoms with van der Waals surface area (Å²) in [6.45, 7) is 8.60. The molecule has 0 radical (unpaired) electrons. The Labute approximate surface area is 133 Å². The van der Waals surface area contributed by atoms with Crippen LogP contribution >= 0.6 is 0 Å². The third-order valence-corrected chi connectivity index (χ3v) is 4.12. The minimum Gasteiger partial charge on any atom is -0.378 e. The molecule has 22 heavy (non-hydrogen) atoms. The molecule has 1 aliphatic rings. The fourth-order valence-corrected chi connectivity index (χ4v) is 2.68. The number of carbonyl (C=O) groups is 1. The molecule has 4 heteroatoms. The SMILES string of the molecule is Cc1ccc(C(N)C(=O)N2CCC(OCC(C)C)CC2)cc1. The fraction of sp³-hybridized carbons (Fsp3) is 0.611. The summed E-state index contributed by atoms with van der Waals surface area (Å²) < 4.78 is 5.86. The van der Waals surface area contributed by atoms with Crippen LogP contribution in [0.5, 0.6) is 0 Å². The van der Waals surface area contributed by atoms with E-state index in [-0.39, 0.29) is 12.0 Å². The first kappa shape index (κ1) is 17.0. The zero-order valence-corrected chi connectivity index (χ0v) is 13.9. The maximum absolute atomic E-state index is 12.5. The van der Waals surface area contributed by atoms with Gasteiger partial charge in [-0.15, -0.1) is 0 Å². The first-order valence-electron chi connectivity index (χ1n) is 8.20. The molecule has 1 amide bonds. The number of rotatable bonds is 5. The molecule has 1 aromatic rings.